The zero-order valence-corrected chi connectivity index (χ0v) is 13.0. The molecule has 0 aliphatic heterocycles. The summed E-state index contributed by atoms with van der Waals surface area (Å²) in [6, 6.07) is 14.2. The Balaban J connectivity index is 1.60. The molecular formula is C18H19N5. The average Bonchev–Trinajstić information content (AvgIpc) is 2.61. The van der Waals surface area contributed by atoms with E-state index < -0.39 is 0 Å². The van der Waals surface area contributed by atoms with E-state index in [1.807, 2.05) is 36.5 Å². The van der Waals surface area contributed by atoms with Gasteiger partial charge in [-0.3, -0.25) is 4.98 Å². The highest BCUT2D eigenvalue weighted by Crippen LogP contribution is 2.13. The summed E-state index contributed by atoms with van der Waals surface area (Å²) >= 11 is 0. The molecule has 3 rings (SSSR count). The van der Waals surface area contributed by atoms with Crippen LogP contribution in [0.4, 0.5) is 11.6 Å². The van der Waals surface area contributed by atoms with Crippen molar-refractivity contribution in [1.29, 1.82) is 0 Å². The Kier molecular flexibility index (Phi) is 4.79. The molecule has 23 heavy (non-hydrogen) atoms. The first-order chi connectivity index (χ1) is 11.3. The molecule has 0 bridgehead atoms. The van der Waals surface area contributed by atoms with Gasteiger partial charge in [0.15, 0.2) is 0 Å². The van der Waals surface area contributed by atoms with Crippen LogP contribution in [0, 0.1) is 6.92 Å². The summed E-state index contributed by atoms with van der Waals surface area (Å²) in [7, 11) is 0. The number of rotatable bonds is 6. The Bertz CT molecular complexity index is 758. The van der Waals surface area contributed by atoms with Crippen LogP contribution in [0.1, 0.15) is 16.7 Å². The highest BCUT2D eigenvalue weighted by atomic mass is 15.1. The van der Waals surface area contributed by atoms with Crippen molar-refractivity contribution in [2.75, 3.05) is 10.6 Å². The molecule has 2 aromatic heterocycles. The topological polar surface area (TPSA) is 62.7 Å². The van der Waals surface area contributed by atoms with E-state index >= 15 is 0 Å². The summed E-state index contributed by atoms with van der Waals surface area (Å²) in [6.45, 7) is 3.53. The molecule has 0 aliphatic rings. The molecule has 0 spiro atoms. The van der Waals surface area contributed by atoms with E-state index in [4.69, 9.17) is 0 Å². The van der Waals surface area contributed by atoms with E-state index in [0.29, 0.717) is 6.54 Å². The van der Waals surface area contributed by atoms with Gasteiger partial charge in [0.1, 0.15) is 18.0 Å². The Labute approximate surface area is 135 Å². The van der Waals surface area contributed by atoms with Crippen LogP contribution in [0.25, 0.3) is 0 Å². The third kappa shape index (κ3) is 4.26. The first kappa shape index (κ1) is 15.0. The van der Waals surface area contributed by atoms with Gasteiger partial charge in [0.05, 0.1) is 0 Å². The quantitative estimate of drug-likeness (QED) is 0.731. The van der Waals surface area contributed by atoms with Crippen molar-refractivity contribution in [3.63, 3.8) is 0 Å². The molecule has 0 radical (unpaired) electrons. The van der Waals surface area contributed by atoms with E-state index in [9.17, 15) is 0 Å². The van der Waals surface area contributed by atoms with Gasteiger partial charge in [0.25, 0.3) is 0 Å². The van der Waals surface area contributed by atoms with Gasteiger partial charge < -0.3 is 10.6 Å². The van der Waals surface area contributed by atoms with Gasteiger partial charge >= 0.3 is 0 Å². The molecule has 5 nitrogen and oxygen atoms in total. The highest BCUT2D eigenvalue weighted by Gasteiger charge is 2.01. The molecule has 0 saturated carbocycles. The average molecular weight is 305 g/mol. The zero-order valence-electron chi connectivity index (χ0n) is 13.0. The Morgan fingerprint density at radius 2 is 1.70 bits per heavy atom. The fourth-order valence-corrected chi connectivity index (χ4v) is 2.24. The van der Waals surface area contributed by atoms with E-state index in [0.717, 1.165) is 23.7 Å². The van der Waals surface area contributed by atoms with Crippen molar-refractivity contribution in [2.24, 2.45) is 0 Å². The number of pyridine rings is 1. The molecular weight excluding hydrogens is 286 g/mol. The van der Waals surface area contributed by atoms with Crippen molar-refractivity contribution in [3.8, 4) is 0 Å². The van der Waals surface area contributed by atoms with Crippen LogP contribution in [0.15, 0.2) is 61.2 Å². The number of aryl methyl sites for hydroxylation is 1. The van der Waals surface area contributed by atoms with Crippen molar-refractivity contribution in [3.05, 3.63) is 77.9 Å². The standard InChI is InChI=1S/C18H19N5/c1-14-5-2-3-7-16(14)12-21-18-9-17(22-13-23-18)20-11-15-6-4-8-19-10-15/h2-10,13H,11-12H2,1H3,(H2,20,21,22,23). The smallest absolute Gasteiger partial charge is 0.131 e. The van der Waals surface area contributed by atoms with Crippen molar-refractivity contribution >= 4 is 11.6 Å². The lowest BCUT2D eigenvalue weighted by Crippen LogP contribution is -2.06. The Morgan fingerprint density at radius 1 is 0.913 bits per heavy atom. The van der Waals surface area contributed by atoms with Gasteiger partial charge in [-0.25, -0.2) is 9.97 Å². The van der Waals surface area contributed by atoms with Crippen LogP contribution in [0.2, 0.25) is 0 Å². The SMILES string of the molecule is Cc1ccccc1CNc1cc(NCc2cccnc2)ncn1. The van der Waals surface area contributed by atoms with Gasteiger partial charge in [0.2, 0.25) is 0 Å². The number of benzene rings is 1. The second-order valence-electron chi connectivity index (χ2n) is 5.28. The van der Waals surface area contributed by atoms with E-state index in [1.165, 1.54) is 11.1 Å². The van der Waals surface area contributed by atoms with Crippen molar-refractivity contribution < 1.29 is 0 Å². The van der Waals surface area contributed by atoms with Crippen LogP contribution < -0.4 is 10.6 Å². The normalized spacial score (nSPS) is 10.3. The largest absolute Gasteiger partial charge is 0.366 e. The van der Waals surface area contributed by atoms with Gasteiger partial charge in [0, 0.05) is 31.5 Å². The predicted molar refractivity (Wildman–Crippen MR) is 92.1 cm³/mol. The molecule has 0 fully saturated rings. The van der Waals surface area contributed by atoms with Gasteiger partial charge in [-0.1, -0.05) is 30.3 Å². The molecule has 1 aromatic carbocycles. The lowest BCUT2D eigenvalue weighted by atomic mass is 10.1. The van der Waals surface area contributed by atoms with E-state index in [2.05, 4.69) is 44.6 Å². The number of nitrogens with one attached hydrogen (secondary N) is 2. The zero-order chi connectivity index (χ0) is 15.9. The predicted octanol–water partition coefficient (Wildman–Crippen LogP) is 3.40. The summed E-state index contributed by atoms with van der Waals surface area (Å²) in [4.78, 5) is 12.6. The number of hydrogen-bond acceptors (Lipinski definition) is 5. The van der Waals surface area contributed by atoms with Crippen LogP contribution in [-0.4, -0.2) is 15.0 Å². The fourth-order valence-electron chi connectivity index (χ4n) is 2.24. The number of hydrogen-bond donors (Lipinski definition) is 2. The van der Waals surface area contributed by atoms with Crippen LogP contribution in [0.3, 0.4) is 0 Å². The van der Waals surface area contributed by atoms with Crippen LogP contribution in [-0.2, 0) is 13.1 Å². The first-order valence-corrected chi connectivity index (χ1v) is 7.54. The summed E-state index contributed by atoms with van der Waals surface area (Å²) in [5.74, 6) is 1.59. The number of anilines is 2. The molecule has 0 unspecified atom stereocenters. The lowest BCUT2D eigenvalue weighted by Gasteiger charge is -2.10. The van der Waals surface area contributed by atoms with Crippen molar-refractivity contribution in [2.45, 2.75) is 20.0 Å². The summed E-state index contributed by atoms with van der Waals surface area (Å²) < 4.78 is 0. The minimum Gasteiger partial charge on any atom is -0.366 e. The number of nitrogens with zero attached hydrogens (tertiary/aromatic N) is 3. The summed E-state index contributed by atoms with van der Waals surface area (Å²) in [5.41, 5.74) is 3.64. The first-order valence-electron chi connectivity index (χ1n) is 7.54. The molecule has 5 heteroatoms. The summed E-state index contributed by atoms with van der Waals surface area (Å²) in [5, 5.41) is 6.62. The monoisotopic (exact) mass is 305 g/mol. The highest BCUT2D eigenvalue weighted by molar-refractivity contribution is 5.47. The maximum absolute atomic E-state index is 4.26. The minimum absolute atomic E-state index is 0.683. The van der Waals surface area contributed by atoms with Crippen LogP contribution >= 0.6 is 0 Å². The molecule has 0 amide bonds. The maximum atomic E-state index is 4.26. The molecule has 0 aliphatic carbocycles. The van der Waals surface area contributed by atoms with E-state index in [1.54, 1.807) is 12.5 Å². The maximum Gasteiger partial charge on any atom is 0.131 e. The molecule has 2 heterocycles. The second-order valence-corrected chi connectivity index (χ2v) is 5.28. The molecule has 2 N–H and O–H groups in total. The van der Waals surface area contributed by atoms with E-state index in [-0.39, 0.29) is 0 Å². The molecule has 116 valence electrons. The lowest BCUT2D eigenvalue weighted by molar-refractivity contribution is 1.04. The third-order valence-corrected chi connectivity index (χ3v) is 3.58. The van der Waals surface area contributed by atoms with Crippen LogP contribution in [0.5, 0.6) is 0 Å². The number of aromatic nitrogens is 3. The van der Waals surface area contributed by atoms with Gasteiger partial charge in [-0.05, 0) is 29.7 Å². The molecule has 0 saturated heterocycles. The molecule has 0 atom stereocenters. The van der Waals surface area contributed by atoms with Gasteiger partial charge in [-0.2, -0.15) is 0 Å². The van der Waals surface area contributed by atoms with Crippen molar-refractivity contribution in [1.82, 2.24) is 15.0 Å². The third-order valence-electron chi connectivity index (χ3n) is 3.58. The Hall–Kier alpha value is -2.95. The Morgan fingerprint density at radius 3 is 2.43 bits per heavy atom. The summed E-state index contributed by atoms with van der Waals surface area (Å²) in [6.07, 6.45) is 5.17. The fraction of sp³-hybridized carbons (Fsp3) is 0.167. The minimum atomic E-state index is 0.683. The van der Waals surface area contributed by atoms with Gasteiger partial charge in [-0.15, -0.1) is 0 Å². The second kappa shape index (κ2) is 7.35. The molecule has 3 aromatic rings.